The van der Waals surface area contributed by atoms with Gasteiger partial charge in [0.05, 0.1) is 19.1 Å². The quantitative estimate of drug-likeness (QED) is 0.840. The molecule has 1 amide bonds. The molecule has 0 aliphatic heterocycles. The second-order valence-electron chi connectivity index (χ2n) is 6.43. The number of hydrogen-bond donors (Lipinski definition) is 1. The van der Waals surface area contributed by atoms with E-state index in [1.165, 1.54) is 0 Å². The van der Waals surface area contributed by atoms with Gasteiger partial charge in [-0.05, 0) is 61.7 Å². The molecule has 0 spiro atoms. The number of hydrogen-bond acceptors (Lipinski definition) is 3. The first kappa shape index (κ1) is 17.3. The number of amides is 1. The van der Waals surface area contributed by atoms with Crippen molar-refractivity contribution < 1.29 is 14.3 Å². The smallest absolute Gasteiger partial charge is 0.235 e. The van der Waals surface area contributed by atoms with Crippen molar-refractivity contribution in [1.82, 2.24) is 0 Å². The number of nitrogens with one attached hydrogen (secondary N) is 1. The lowest BCUT2D eigenvalue weighted by Crippen LogP contribution is -2.37. The zero-order valence-electron chi connectivity index (χ0n) is 14.9. The first-order chi connectivity index (χ1) is 12.2. The van der Waals surface area contributed by atoms with Crippen molar-refractivity contribution >= 4 is 11.6 Å². The van der Waals surface area contributed by atoms with Gasteiger partial charge < -0.3 is 14.8 Å². The Balaban J connectivity index is 1.80. The number of carbonyl (C=O) groups is 1. The molecule has 0 saturated heterocycles. The summed E-state index contributed by atoms with van der Waals surface area (Å²) in [5.74, 6) is 1.69. The van der Waals surface area contributed by atoms with Crippen LogP contribution in [0.15, 0.2) is 48.5 Å². The Morgan fingerprint density at radius 1 is 1.00 bits per heavy atom. The monoisotopic (exact) mass is 339 g/mol. The summed E-state index contributed by atoms with van der Waals surface area (Å²) in [6.45, 7) is 2.58. The van der Waals surface area contributed by atoms with Crippen molar-refractivity contribution in [2.45, 2.75) is 38.0 Å². The molecule has 25 heavy (non-hydrogen) atoms. The van der Waals surface area contributed by atoms with E-state index < -0.39 is 5.41 Å². The second kappa shape index (κ2) is 7.60. The van der Waals surface area contributed by atoms with Crippen LogP contribution in [0.4, 0.5) is 5.69 Å². The highest BCUT2D eigenvalue weighted by molar-refractivity contribution is 5.99. The summed E-state index contributed by atoms with van der Waals surface area (Å²) >= 11 is 0. The number of methoxy groups -OCH3 is 1. The highest BCUT2D eigenvalue weighted by Crippen LogP contribution is 2.42. The van der Waals surface area contributed by atoms with Crippen LogP contribution in [0.2, 0.25) is 0 Å². The number of anilines is 1. The van der Waals surface area contributed by atoms with Gasteiger partial charge in [-0.15, -0.1) is 0 Å². The van der Waals surface area contributed by atoms with Crippen molar-refractivity contribution in [3.8, 4) is 11.5 Å². The summed E-state index contributed by atoms with van der Waals surface area (Å²) in [4.78, 5) is 13.1. The maximum atomic E-state index is 13.1. The molecule has 0 heterocycles. The van der Waals surface area contributed by atoms with Crippen LogP contribution in [-0.4, -0.2) is 19.6 Å². The van der Waals surface area contributed by atoms with Crippen LogP contribution in [0.1, 0.15) is 38.2 Å². The lowest BCUT2D eigenvalue weighted by molar-refractivity contribution is -0.121. The largest absolute Gasteiger partial charge is 0.497 e. The predicted molar refractivity (Wildman–Crippen MR) is 99.4 cm³/mol. The standard InChI is InChI=1S/C21H25NO3/c1-3-25-19-12-8-17(9-13-19)22-20(23)21(14-4-5-15-21)16-6-10-18(24-2)11-7-16/h6-13H,3-5,14-15H2,1-2H3,(H,22,23). The van der Waals surface area contributed by atoms with Crippen LogP contribution in [0.3, 0.4) is 0 Å². The predicted octanol–water partition coefficient (Wildman–Crippen LogP) is 4.54. The van der Waals surface area contributed by atoms with Crippen molar-refractivity contribution in [2.75, 3.05) is 19.0 Å². The molecule has 0 atom stereocenters. The van der Waals surface area contributed by atoms with Gasteiger partial charge >= 0.3 is 0 Å². The fraction of sp³-hybridized carbons (Fsp3) is 0.381. The molecule has 0 unspecified atom stereocenters. The fourth-order valence-electron chi connectivity index (χ4n) is 3.59. The summed E-state index contributed by atoms with van der Waals surface area (Å²) in [6.07, 6.45) is 3.90. The molecule has 132 valence electrons. The molecule has 1 saturated carbocycles. The minimum Gasteiger partial charge on any atom is -0.497 e. The molecule has 4 nitrogen and oxygen atoms in total. The third kappa shape index (κ3) is 3.63. The highest BCUT2D eigenvalue weighted by atomic mass is 16.5. The molecule has 2 aromatic rings. The molecule has 1 N–H and O–H groups in total. The minimum absolute atomic E-state index is 0.0688. The lowest BCUT2D eigenvalue weighted by atomic mass is 9.78. The van der Waals surface area contributed by atoms with E-state index in [2.05, 4.69) is 5.32 Å². The van der Waals surface area contributed by atoms with Gasteiger partial charge in [-0.3, -0.25) is 4.79 Å². The molecule has 0 bridgehead atoms. The maximum Gasteiger partial charge on any atom is 0.235 e. The maximum absolute atomic E-state index is 13.1. The summed E-state index contributed by atoms with van der Waals surface area (Å²) in [7, 11) is 1.65. The Labute approximate surface area is 149 Å². The number of benzene rings is 2. The van der Waals surface area contributed by atoms with Crippen molar-refractivity contribution in [3.63, 3.8) is 0 Å². The van der Waals surface area contributed by atoms with Gasteiger partial charge in [-0.2, -0.15) is 0 Å². The van der Waals surface area contributed by atoms with Gasteiger partial charge in [0, 0.05) is 5.69 Å². The van der Waals surface area contributed by atoms with Gasteiger partial charge in [0.25, 0.3) is 0 Å². The summed E-state index contributed by atoms with van der Waals surface area (Å²) in [6, 6.07) is 15.4. The van der Waals surface area contributed by atoms with Crippen LogP contribution in [0.25, 0.3) is 0 Å². The molecule has 1 fully saturated rings. The molecule has 3 rings (SSSR count). The molecule has 2 aromatic carbocycles. The van der Waals surface area contributed by atoms with E-state index in [4.69, 9.17) is 9.47 Å². The van der Waals surface area contributed by atoms with E-state index >= 15 is 0 Å². The third-order valence-electron chi connectivity index (χ3n) is 4.96. The van der Waals surface area contributed by atoms with Crippen molar-refractivity contribution in [3.05, 3.63) is 54.1 Å². The summed E-state index contributed by atoms with van der Waals surface area (Å²) in [5, 5.41) is 3.10. The van der Waals surface area contributed by atoms with Gasteiger partial charge in [-0.25, -0.2) is 0 Å². The van der Waals surface area contributed by atoms with Crippen molar-refractivity contribution in [1.29, 1.82) is 0 Å². The minimum atomic E-state index is -0.454. The van der Waals surface area contributed by atoms with E-state index in [0.717, 1.165) is 48.4 Å². The van der Waals surface area contributed by atoms with Crippen LogP contribution < -0.4 is 14.8 Å². The molecule has 0 aromatic heterocycles. The molecule has 0 radical (unpaired) electrons. The molecule has 1 aliphatic rings. The van der Waals surface area contributed by atoms with E-state index in [1.807, 2.05) is 55.5 Å². The first-order valence-corrected chi connectivity index (χ1v) is 8.87. The Bertz CT molecular complexity index is 701. The Kier molecular flexibility index (Phi) is 5.27. The zero-order valence-corrected chi connectivity index (χ0v) is 14.9. The number of rotatable bonds is 6. The van der Waals surface area contributed by atoms with Gasteiger partial charge in [0.1, 0.15) is 11.5 Å². The molecular weight excluding hydrogens is 314 g/mol. The third-order valence-corrected chi connectivity index (χ3v) is 4.96. The van der Waals surface area contributed by atoms with Gasteiger partial charge in [-0.1, -0.05) is 25.0 Å². The van der Waals surface area contributed by atoms with Crippen LogP contribution in [0.5, 0.6) is 11.5 Å². The van der Waals surface area contributed by atoms with E-state index in [9.17, 15) is 4.79 Å². The van der Waals surface area contributed by atoms with Gasteiger partial charge in [0.15, 0.2) is 0 Å². The molecule has 4 heteroatoms. The average Bonchev–Trinajstić information content (AvgIpc) is 3.15. The summed E-state index contributed by atoms with van der Waals surface area (Å²) < 4.78 is 10.7. The van der Waals surface area contributed by atoms with E-state index in [0.29, 0.717) is 6.61 Å². The summed E-state index contributed by atoms with van der Waals surface area (Å²) in [5.41, 5.74) is 1.41. The lowest BCUT2D eigenvalue weighted by Gasteiger charge is -2.28. The normalized spacial score (nSPS) is 15.6. The van der Waals surface area contributed by atoms with Crippen LogP contribution in [0, 0.1) is 0 Å². The zero-order chi connectivity index (χ0) is 17.7. The molecular formula is C21H25NO3. The number of ether oxygens (including phenoxy) is 2. The first-order valence-electron chi connectivity index (χ1n) is 8.87. The highest BCUT2D eigenvalue weighted by Gasteiger charge is 2.42. The SMILES string of the molecule is CCOc1ccc(NC(=O)C2(c3ccc(OC)cc3)CCCC2)cc1. The fourth-order valence-corrected chi connectivity index (χ4v) is 3.59. The van der Waals surface area contributed by atoms with Gasteiger partial charge in [0.2, 0.25) is 5.91 Å². The van der Waals surface area contributed by atoms with Crippen LogP contribution in [-0.2, 0) is 10.2 Å². The van der Waals surface area contributed by atoms with E-state index in [1.54, 1.807) is 7.11 Å². The second-order valence-corrected chi connectivity index (χ2v) is 6.43. The van der Waals surface area contributed by atoms with Crippen molar-refractivity contribution in [2.24, 2.45) is 0 Å². The van der Waals surface area contributed by atoms with E-state index in [-0.39, 0.29) is 5.91 Å². The Morgan fingerprint density at radius 2 is 1.60 bits per heavy atom. The Morgan fingerprint density at radius 3 is 2.16 bits per heavy atom. The van der Waals surface area contributed by atoms with Crippen LogP contribution >= 0.6 is 0 Å². The Hall–Kier alpha value is -2.49. The average molecular weight is 339 g/mol. The molecule has 1 aliphatic carbocycles. The topological polar surface area (TPSA) is 47.6 Å². The number of carbonyl (C=O) groups excluding carboxylic acids is 1.